The molecule has 7 heteroatoms. The van der Waals surface area contributed by atoms with Gasteiger partial charge in [-0.25, -0.2) is 4.79 Å². The summed E-state index contributed by atoms with van der Waals surface area (Å²) in [6.07, 6.45) is 0.496. The van der Waals surface area contributed by atoms with Crippen LogP contribution >= 0.6 is 0 Å². The quantitative estimate of drug-likeness (QED) is 0.502. The van der Waals surface area contributed by atoms with Crippen molar-refractivity contribution in [2.24, 2.45) is 0 Å². The predicted octanol–water partition coefficient (Wildman–Crippen LogP) is 2.60. The molecule has 3 rings (SSSR count). The van der Waals surface area contributed by atoms with Crippen LogP contribution in [0.4, 0.5) is 0 Å². The van der Waals surface area contributed by atoms with Crippen LogP contribution in [-0.4, -0.2) is 50.8 Å². The van der Waals surface area contributed by atoms with Crippen LogP contribution in [0.1, 0.15) is 17.5 Å². The summed E-state index contributed by atoms with van der Waals surface area (Å²) in [5, 5.41) is 0. The van der Waals surface area contributed by atoms with E-state index in [1.54, 1.807) is 17.0 Å². The van der Waals surface area contributed by atoms with Gasteiger partial charge >= 0.3 is 5.97 Å². The number of ether oxygens (including phenoxy) is 4. The van der Waals surface area contributed by atoms with Crippen molar-refractivity contribution in [3.63, 3.8) is 0 Å². The lowest BCUT2D eigenvalue weighted by Gasteiger charge is -2.49. The third-order valence-corrected chi connectivity index (χ3v) is 5.23. The monoisotopic (exact) mass is 399 g/mol. The molecule has 0 aliphatic carbocycles. The lowest BCUT2D eigenvalue weighted by molar-refractivity contribution is -0.179. The van der Waals surface area contributed by atoms with Crippen molar-refractivity contribution in [3.05, 3.63) is 53.6 Å². The Kier molecular flexibility index (Phi) is 5.96. The fourth-order valence-electron chi connectivity index (χ4n) is 3.77. The second-order valence-electron chi connectivity index (χ2n) is 6.88. The normalized spacial score (nSPS) is 18.1. The molecule has 1 atom stereocenters. The number of carbonyl (C=O) groups is 2. The van der Waals surface area contributed by atoms with Crippen LogP contribution in [0.5, 0.6) is 17.2 Å². The van der Waals surface area contributed by atoms with E-state index in [-0.39, 0.29) is 18.9 Å². The Bertz CT molecular complexity index is 872. The second kappa shape index (κ2) is 8.43. The zero-order valence-electron chi connectivity index (χ0n) is 17.1. The highest BCUT2D eigenvalue weighted by Gasteiger charge is 2.57. The van der Waals surface area contributed by atoms with Crippen LogP contribution in [0.2, 0.25) is 0 Å². The van der Waals surface area contributed by atoms with E-state index in [2.05, 4.69) is 0 Å². The average molecular weight is 399 g/mol. The van der Waals surface area contributed by atoms with Crippen molar-refractivity contribution in [2.45, 2.75) is 24.9 Å². The van der Waals surface area contributed by atoms with Gasteiger partial charge in [-0.2, -0.15) is 0 Å². The van der Waals surface area contributed by atoms with Crippen LogP contribution in [-0.2, 0) is 27.3 Å². The van der Waals surface area contributed by atoms with Crippen molar-refractivity contribution >= 4 is 11.9 Å². The molecule has 0 N–H and O–H groups in total. The van der Waals surface area contributed by atoms with E-state index in [1.807, 2.05) is 30.3 Å². The van der Waals surface area contributed by atoms with Gasteiger partial charge in [0.15, 0.2) is 17.0 Å². The SMILES string of the molecule is COC(=O)C1(Cc2ccccc2)CC(=O)N1Cc1cc(OC)c(OC)c(OC)c1. The number of nitrogens with zero attached hydrogens (tertiary/aromatic N) is 1. The van der Waals surface area contributed by atoms with E-state index < -0.39 is 11.5 Å². The standard InChI is InChI=1S/C22H25NO6/c1-26-17-10-16(11-18(27-2)20(17)28-3)14-23-19(24)13-22(23,21(25)29-4)12-15-8-6-5-7-9-15/h5-11H,12-14H2,1-4H3. The maximum absolute atomic E-state index is 12.7. The van der Waals surface area contributed by atoms with Gasteiger partial charge in [-0.15, -0.1) is 0 Å². The summed E-state index contributed by atoms with van der Waals surface area (Å²) >= 11 is 0. The summed E-state index contributed by atoms with van der Waals surface area (Å²) in [5.41, 5.74) is 0.683. The Labute approximate surface area is 170 Å². The summed E-state index contributed by atoms with van der Waals surface area (Å²) in [4.78, 5) is 26.8. The highest BCUT2D eigenvalue weighted by atomic mass is 16.5. The number of rotatable bonds is 8. The van der Waals surface area contributed by atoms with Crippen molar-refractivity contribution in [3.8, 4) is 17.2 Å². The van der Waals surface area contributed by atoms with Gasteiger partial charge in [0, 0.05) is 13.0 Å². The highest BCUT2D eigenvalue weighted by Crippen LogP contribution is 2.42. The molecule has 1 saturated heterocycles. The number of esters is 1. The van der Waals surface area contributed by atoms with E-state index in [0.29, 0.717) is 23.7 Å². The zero-order chi connectivity index (χ0) is 21.0. The number of hydrogen-bond acceptors (Lipinski definition) is 6. The maximum Gasteiger partial charge on any atom is 0.332 e. The molecule has 1 heterocycles. The van der Waals surface area contributed by atoms with Crippen LogP contribution in [0.3, 0.4) is 0 Å². The maximum atomic E-state index is 12.7. The summed E-state index contributed by atoms with van der Waals surface area (Å²) in [5.74, 6) is 0.911. The van der Waals surface area contributed by atoms with Crippen LogP contribution in [0, 0.1) is 0 Å². The molecular formula is C22H25NO6. The van der Waals surface area contributed by atoms with E-state index in [1.165, 1.54) is 28.4 Å². The highest BCUT2D eigenvalue weighted by molar-refractivity contribution is 5.99. The minimum Gasteiger partial charge on any atom is -0.493 e. The molecular weight excluding hydrogens is 374 g/mol. The minimum absolute atomic E-state index is 0.110. The number of methoxy groups -OCH3 is 4. The third-order valence-electron chi connectivity index (χ3n) is 5.23. The number of β-lactam (4-membered cyclic amide) rings is 1. The first-order chi connectivity index (χ1) is 14.0. The molecule has 0 aromatic heterocycles. The summed E-state index contributed by atoms with van der Waals surface area (Å²) in [6.45, 7) is 0.220. The van der Waals surface area contributed by atoms with E-state index in [4.69, 9.17) is 18.9 Å². The number of amides is 1. The van der Waals surface area contributed by atoms with Gasteiger partial charge in [-0.3, -0.25) is 4.79 Å². The predicted molar refractivity (Wildman–Crippen MR) is 106 cm³/mol. The zero-order valence-corrected chi connectivity index (χ0v) is 17.1. The van der Waals surface area contributed by atoms with Gasteiger partial charge < -0.3 is 23.8 Å². The molecule has 0 radical (unpaired) electrons. The minimum atomic E-state index is -1.03. The Hall–Kier alpha value is -3.22. The van der Waals surface area contributed by atoms with Crippen molar-refractivity contribution in [2.75, 3.05) is 28.4 Å². The molecule has 1 fully saturated rings. The molecule has 29 heavy (non-hydrogen) atoms. The molecule has 1 unspecified atom stereocenters. The van der Waals surface area contributed by atoms with Crippen LogP contribution in [0.15, 0.2) is 42.5 Å². The lowest BCUT2D eigenvalue weighted by atomic mass is 9.78. The van der Waals surface area contributed by atoms with Crippen molar-refractivity contribution in [1.82, 2.24) is 4.90 Å². The Balaban J connectivity index is 1.95. The summed E-state index contributed by atoms with van der Waals surface area (Å²) < 4.78 is 21.2. The molecule has 0 bridgehead atoms. The number of likely N-dealkylation sites (tertiary alicyclic amines) is 1. The molecule has 1 aliphatic heterocycles. The van der Waals surface area contributed by atoms with E-state index in [9.17, 15) is 9.59 Å². The molecule has 2 aromatic carbocycles. The van der Waals surface area contributed by atoms with Gasteiger partial charge in [-0.05, 0) is 23.3 Å². The van der Waals surface area contributed by atoms with E-state index >= 15 is 0 Å². The number of hydrogen-bond donors (Lipinski definition) is 0. The van der Waals surface area contributed by atoms with Crippen LogP contribution in [0.25, 0.3) is 0 Å². The molecule has 7 nitrogen and oxygen atoms in total. The largest absolute Gasteiger partial charge is 0.493 e. The smallest absolute Gasteiger partial charge is 0.332 e. The Morgan fingerprint density at radius 3 is 2.07 bits per heavy atom. The molecule has 2 aromatic rings. The summed E-state index contributed by atoms with van der Waals surface area (Å²) in [7, 11) is 5.94. The van der Waals surface area contributed by atoms with Crippen molar-refractivity contribution in [1.29, 1.82) is 0 Å². The molecule has 0 spiro atoms. The first kappa shape index (κ1) is 20.5. The molecule has 1 amide bonds. The van der Waals surface area contributed by atoms with Gasteiger partial charge in [0.1, 0.15) is 0 Å². The first-order valence-electron chi connectivity index (χ1n) is 9.20. The first-order valence-corrected chi connectivity index (χ1v) is 9.20. The Morgan fingerprint density at radius 2 is 1.59 bits per heavy atom. The summed E-state index contributed by atoms with van der Waals surface area (Å²) in [6, 6.07) is 13.1. The Morgan fingerprint density at radius 1 is 0.966 bits per heavy atom. The molecule has 0 saturated carbocycles. The van der Waals surface area contributed by atoms with E-state index in [0.717, 1.165) is 11.1 Å². The topological polar surface area (TPSA) is 74.3 Å². The lowest BCUT2D eigenvalue weighted by Crippen LogP contribution is -2.68. The van der Waals surface area contributed by atoms with Crippen LogP contribution < -0.4 is 14.2 Å². The van der Waals surface area contributed by atoms with Gasteiger partial charge in [0.25, 0.3) is 0 Å². The van der Waals surface area contributed by atoms with Gasteiger partial charge in [-0.1, -0.05) is 30.3 Å². The fraction of sp³-hybridized carbons (Fsp3) is 0.364. The second-order valence-corrected chi connectivity index (χ2v) is 6.88. The molecule has 1 aliphatic rings. The fourth-order valence-corrected chi connectivity index (χ4v) is 3.77. The number of carbonyl (C=O) groups excluding carboxylic acids is 2. The van der Waals surface area contributed by atoms with Gasteiger partial charge in [0.05, 0.1) is 34.9 Å². The van der Waals surface area contributed by atoms with Crippen molar-refractivity contribution < 1.29 is 28.5 Å². The number of benzene rings is 2. The molecule has 154 valence electrons. The average Bonchev–Trinajstić information content (AvgIpc) is 2.76. The third kappa shape index (κ3) is 3.72. The van der Waals surface area contributed by atoms with Gasteiger partial charge in [0.2, 0.25) is 11.7 Å².